The first-order valence-corrected chi connectivity index (χ1v) is 6.34. The molecule has 0 aliphatic carbocycles. The van der Waals surface area contributed by atoms with Crippen molar-refractivity contribution in [3.8, 4) is 0 Å². The van der Waals surface area contributed by atoms with Gasteiger partial charge in [-0.05, 0) is 18.2 Å². The molecule has 1 N–H and O–H groups in total. The molecule has 1 aromatic carbocycles. The van der Waals surface area contributed by atoms with Crippen LogP contribution < -0.4 is 0 Å². The van der Waals surface area contributed by atoms with Crippen LogP contribution in [0.3, 0.4) is 0 Å². The maximum absolute atomic E-state index is 11.8. The van der Waals surface area contributed by atoms with Gasteiger partial charge in [-0.15, -0.1) is 0 Å². The Balaban J connectivity index is 2.84. The van der Waals surface area contributed by atoms with Crippen LogP contribution in [0, 0.1) is 0 Å². The van der Waals surface area contributed by atoms with Crippen LogP contribution >= 0.6 is 58.0 Å². The van der Waals surface area contributed by atoms with Crippen LogP contribution in [-0.2, 0) is 0 Å². The first kappa shape index (κ1) is 15.4. The molecular formula is C10H7Cl5O2. The fraction of sp³-hybridized carbons (Fsp3) is 0.300. The summed E-state index contributed by atoms with van der Waals surface area (Å²) < 4.78 is -1.91. The van der Waals surface area contributed by atoms with Gasteiger partial charge in [0.05, 0.1) is 5.02 Å². The van der Waals surface area contributed by atoms with Gasteiger partial charge < -0.3 is 5.11 Å². The highest BCUT2D eigenvalue weighted by molar-refractivity contribution is 6.68. The SMILES string of the molecule is O=C(C[C@H](O)C(Cl)(Cl)Cl)c1ccc(Cl)cc1Cl. The van der Waals surface area contributed by atoms with E-state index in [1.807, 2.05) is 0 Å². The number of Topliss-reactive ketones (excluding diaryl/α,β-unsaturated/α-hetero) is 1. The quantitative estimate of drug-likeness (QED) is 0.660. The minimum absolute atomic E-state index is 0.194. The highest BCUT2D eigenvalue weighted by atomic mass is 35.6. The molecule has 0 fully saturated rings. The average Bonchev–Trinajstić information content (AvgIpc) is 2.15. The van der Waals surface area contributed by atoms with E-state index in [4.69, 9.17) is 58.0 Å². The van der Waals surface area contributed by atoms with E-state index in [-0.39, 0.29) is 17.0 Å². The molecule has 0 saturated carbocycles. The second-order valence-electron chi connectivity index (χ2n) is 3.31. The van der Waals surface area contributed by atoms with E-state index in [9.17, 15) is 9.90 Å². The average molecular weight is 336 g/mol. The van der Waals surface area contributed by atoms with Crippen LogP contribution in [0.4, 0.5) is 0 Å². The predicted octanol–water partition coefficient (Wildman–Crippen LogP) is 4.30. The van der Waals surface area contributed by atoms with Crippen molar-refractivity contribution in [2.24, 2.45) is 0 Å². The summed E-state index contributed by atoms with van der Waals surface area (Å²) in [5.41, 5.74) is 0.226. The first-order valence-electron chi connectivity index (χ1n) is 4.45. The molecule has 0 amide bonds. The van der Waals surface area contributed by atoms with E-state index >= 15 is 0 Å². The van der Waals surface area contributed by atoms with E-state index in [0.717, 1.165) is 0 Å². The summed E-state index contributed by atoms with van der Waals surface area (Å²) in [6.07, 6.45) is -1.73. The van der Waals surface area contributed by atoms with Crippen molar-refractivity contribution in [2.75, 3.05) is 0 Å². The number of aliphatic hydroxyl groups excluding tert-OH is 1. The lowest BCUT2D eigenvalue weighted by atomic mass is 10.1. The second kappa shape index (κ2) is 5.96. The van der Waals surface area contributed by atoms with Gasteiger partial charge in [-0.1, -0.05) is 58.0 Å². The van der Waals surface area contributed by atoms with E-state index in [2.05, 4.69) is 0 Å². The van der Waals surface area contributed by atoms with Gasteiger partial charge in [0.25, 0.3) is 0 Å². The number of carbonyl (C=O) groups is 1. The lowest BCUT2D eigenvalue weighted by Gasteiger charge is -2.18. The van der Waals surface area contributed by atoms with Crippen molar-refractivity contribution in [1.82, 2.24) is 0 Å². The van der Waals surface area contributed by atoms with Gasteiger partial charge >= 0.3 is 0 Å². The Morgan fingerprint density at radius 3 is 2.35 bits per heavy atom. The summed E-state index contributed by atoms with van der Waals surface area (Å²) >= 11 is 27.9. The van der Waals surface area contributed by atoms with Crippen molar-refractivity contribution in [3.05, 3.63) is 33.8 Å². The third-order valence-corrected chi connectivity index (χ3v) is 3.29. The Kier molecular flexibility index (Phi) is 5.39. The van der Waals surface area contributed by atoms with Crippen molar-refractivity contribution >= 4 is 63.8 Å². The lowest BCUT2D eigenvalue weighted by molar-refractivity contribution is 0.0885. The minimum Gasteiger partial charge on any atom is -0.388 e. The number of rotatable bonds is 3. The molecule has 0 spiro atoms. The minimum atomic E-state index is -1.91. The lowest BCUT2D eigenvalue weighted by Crippen LogP contribution is -2.28. The van der Waals surface area contributed by atoms with Gasteiger partial charge in [-0.2, -0.15) is 0 Å². The topological polar surface area (TPSA) is 37.3 Å². The number of alkyl halides is 3. The van der Waals surface area contributed by atoms with Gasteiger partial charge in [0.2, 0.25) is 3.79 Å². The van der Waals surface area contributed by atoms with Crippen LogP contribution in [0.2, 0.25) is 10.0 Å². The summed E-state index contributed by atoms with van der Waals surface area (Å²) in [5.74, 6) is -0.425. The fourth-order valence-electron chi connectivity index (χ4n) is 1.12. The zero-order valence-electron chi connectivity index (χ0n) is 8.26. The number of halogens is 5. The Morgan fingerprint density at radius 2 is 1.88 bits per heavy atom. The molecule has 0 saturated heterocycles. The summed E-state index contributed by atoms with van der Waals surface area (Å²) in [6, 6.07) is 4.40. The smallest absolute Gasteiger partial charge is 0.216 e. The summed E-state index contributed by atoms with van der Waals surface area (Å²) in [4.78, 5) is 11.8. The zero-order valence-corrected chi connectivity index (χ0v) is 12.0. The normalized spacial score (nSPS) is 13.5. The Morgan fingerprint density at radius 1 is 1.29 bits per heavy atom. The molecule has 1 atom stereocenters. The van der Waals surface area contributed by atoms with Gasteiger partial charge in [0, 0.05) is 17.0 Å². The molecule has 1 rings (SSSR count). The Hall–Kier alpha value is 0.300. The highest BCUT2D eigenvalue weighted by Crippen LogP contribution is 2.33. The summed E-state index contributed by atoms with van der Waals surface area (Å²) in [5, 5.41) is 10.1. The molecule has 94 valence electrons. The molecule has 0 aromatic heterocycles. The standard InChI is InChI=1S/C10H7Cl5O2/c11-5-1-2-6(7(12)3-5)8(16)4-9(17)10(13,14)15/h1-3,9,17H,4H2/t9-/m0/s1. The molecule has 0 aliphatic heterocycles. The largest absolute Gasteiger partial charge is 0.388 e. The van der Waals surface area contributed by atoms with E-state index in [1.165, 1.54) is 18.2 Å². The molecule has 7 heteroatoms. The summed E-state index contributed by atoms with van der Waals surface area (Å²) in [7, 11) is 0. The number of carbonyl (C=O) groups excluding carboxylic acids is 1. The third kappa shape index (κ3) is 4.47. The predicted molar refractivity (Wildman–Crippen MR) is 71.7 cm³/mol. The molecule has 0 heterocycles. The number of ketones is 1. The zero-order chi connectivity index (χ0) is 13.2. The van der Waals surface area contributed by atoms with Gasteiger partial charge in [0.15, 0.2) is 5.78 Å². The van der Waals surface area contributed by atoms with Crippen LogP contribution in [0.25, 0.3) is 0 Å². The van der Waals surface area contributed by atoms with Gasteiger partial charge in [-0.25, -0.2) is 0 Å². The summed E-state index contributed by atoms with van der Waals surface area (Å²) in [6.45, 7) is 0. The maximum Gasteiger partial charge on any atom is 0.216 e. The van der Waals surface area contributed by atoms with E-state index < -0.39 is 15.7 Å². The number of aliphatic hydroxyl groups is 1. The maximum atomic E-state index is 11.8. The van der Waals surface area contributed by atoms with E-state index in [1.54, 1.807) is 0 Å². The number of hydrogen-bond acceptors (Lipinski definition) is 2. The fourth-order valence-corrected chi connectivity index (χ4v) is 1.86. The van der Waals surface area contributed by atoms with E-state index in [0.29, 0.717) is 5.02 Å². The van der Waals surface area contributed by atoms with Gasteiger partial charge in [-0.3, -0.25) is 4.79 Å². The first-order chi connectivity index (χ1) is 7.71. The third-order valence-electron chi connectivity index (χ3n) is 1.99. The van der Waals surface area contributed by atoms with Crippen molar-refractivity contribution in [3.63, 3.8) is 0 Å². The second-order valence-corrected chi connectivity index (χ2v) is 6.52. The molecular weight excluding hydrogens is 329 g/mol. The Labute approximate surface area is 123 Å². The molecule has 0 aliphatic rings. The molecule has 1 aromatic rings. The van der Waals surface area contributed by atoms with Crippen molar-refractivity contribution in [2.45, 2.75) is 16.3 Å². The molecule has 0 unspecified atom stereocenters. The molecule has 0 bridgehead atoms. The number of hydrogen-bond donors (Lipinski definition) is 1. The molecule has 2 nitrogen and oxygen atoms in total. The van der Waals surface area contributed by atoms with Crippen LogP contribution in [-0.4, -0.2) is 20.8 Å². The molecule has 17 heavy (non-hydrogen) atoms. The van der Waals surface area contributed by atoms with Gasteiger partial charge in [0.1, 0.15) is 6.10 Å². The van der Waals surface area contributed by atoms with Crippen molar-refractivity contribution < 1.29 is 9.90 Å². The Bertz CT molecular complexity index is 427. The highest BCUT2D eigenvalue weighted by Gasteiger charge is 2.33. The number of benzene rings is 1. The van der Waals surface area contributed by atoms with Crippen LogP contribution in [0.15, 0.2) is 18.2 Å². The monoisotopic (exact) mass is 334 g/mol. The van der Waals surface area contributed by atoms with Crippen LogP contribution in [0.5, 0.6) is 0 Å². The molecule has 0 radical (unpaired) electrons. The van der Waals surface area contributed by atoms with Crippen molar-refractivity contribution in [1.29, 1.82) is 0 Å². The van der Waals surface area contributed by atoms with Crippen LogP contribution in [0.1, 0.15) is 16.8 Å².